The van der Waals surface area contributed by atoms with Crippen molar-refractivity contribution in [2.24, 2.45) is 0 Å². The van der Waals surface area contributed by atoms with Gasteiger partial charge in [-0.1, -0.05) is 18.2 Å². The number of benzene rings is 1. The highest BCUT2D eigenvalue weighted by atomic mass is 16.1. The Morgan fingerprint density at radius 3 is 2.72 bits per heavy atom. The van der Waals surface area contributed by atoms with Crippen LogP contribution in [0.4, 0.5) is 0 Å². The molecular weight excluding hydrogens is 228 g/mol. The fourth-order valence-electron chi connectivity index (χ4n) is 2.17. The van der Waals surface area contributed by atoms with E-state index in [9.17, 15) is 4.79 Å². The van der Waals surface area contributed by atoms with E-state index in [1.165, 1.54) is 8.80 Å². The number of hydrogen-bond acceptors (Lipinski definition) is 3. The molecule has 5 nitrogen and oxygen atoms in total. The molecule has 86 valence electrons. The molecule has 0 saturated heterocycles. The minimum absolute atomic E-state index is 0.149. The van der Waals surface area contributed by atoms with E-state index in [0.717, 1.165) is 11.0 Å². The van der Waals surface area contributed by atoms with E-state index in [0.29, 0.717) is 11.4 Å². The summed E-state index contributed by atoms with van der Waals surface area (Å²) in [6, 6.07) is 13.0. The Morgan fingerprint density at radius 1 is 0.944 bits per heavy atom. The molecule has 0 N–H and O–H groups in total. The molecule has 0 aliphatic heterocycles. The lowest BCUT2D eigenvalue weighted by molar-refractivity contribution is 0.921. The van der Waals surface area contributed by atoms with Gasteiger partial charge in [-0.2, -0.15) is 4.98 Å². The second kappa shape index (κ2) is 3.16. The van der Waals surface area contributed by atoms with Crippen LogP contribution in [-0.2, 0) is 0 Å². The third kappa shape index (κ3) is 1.08. The van der Waals surface area contributed by atoms with Crippen LogP contribution in [0.15, 0.2) is 53.5 Å². The van der Waals surface area contributed by atoms with E-state index in [1.54, 1.807) is 18.3 Å². The maximum atomic E-state index is 12.4. The summed E-state index contributed by atoms with van der Waals surface area (Å²) in [5, 5.41) is 0. The van der Waals surface area contributed by atoms with E-state index in [1.807, 2.05) is 30.3 Å². The normalized spacial score (nSPS) is 11.6. The van der Waals surface area contributed by atoms with Crippen LogP contribution in [-0.4, -0.2) is 18.8 Å². The molecular formula is C13H8N4O. The van der Waals surface area contributed by atoms with Crippen molar-refractivity contribution in [3.63, 3.8) is 0 Å². The van der Waals surface area contributed by atoms with E-state index < -0.39 is 0 Å². The number of aromatic nitrogens is 4. The maximum Gasteiger partial charge on any atom is 0.341 e. The molecule has 0 spiro atoms. The molecule has 4 aromatic rings. The molecule has 5 heteroatoms. The number of pyridine rings is 1. The predicted octanol–water partition coefficient (Wildman–Crippen LogP) is 1.50. The van der Waals surface area contributed by atoms with E-state index in [-0.39, 0.29) is 5.69 Å². The number of rotatable bonds is 0. The fourth-order valence-corrected chi connectivity index (χ4v) is 2.17. The molecule has 0 fully saturated rings. The van der Waals surface area contributed by atoms with Crippen LogP contribution in [0.3, 0.4) is 0 Å². The van der Waals surface area contributed by atoms with E-state index in [4.69, 9.17) is 0 Å². The van der Waals surface area contributed by atoms with Gasteiger partial charge in [-0.25, -0.2) is 14.2 Å². The van der Waals surface area contributed by atoms with Crippen LogP contribution >= 0.6 is 0 Å². The molecule has 3 heterocycles. The van der Waals surface area contributed by atoms with Crippen LogP contribution in [0.1, 0.15) is 0 Å². The molecule has 0 radical (unpaired) electrons. The van der Waals surface area contributed by atoms with Gasteiger partial charge in [-0.15, -0.1) is 0 Å². The van der Waals surface area contributed by atoms with Crippen molar-refractivity contribution in [2.75, 3.05) is 0 Å². The van der Waals surface area contributed by atoms with Crippen LogP contribution in [0, 0.1) is 0 Å². The summed E-state index contributed by atoms with van der Waals surface area (Å²) in [7, 11) is 0. The smallest absolute Gasteiger partial charge is 0.252 e. The molecule has 4 rings (SSSR count). The quantitative estimate of drug-likeness (QED) is 0.465. The first-order valence-corrected chi connectivity index (χ1v) is 5.59. The molecule has 0 saturated carbocycles. The van der Waals surface area contributed by atoms with Gasteiger partial charge in [0.25, 0.3) is 0 Å². The van der Waals surface area contributed by atoms with E-state index in [2.05, 4.69) is 9.97 Å². The monoisotopic (exact) mass is 236 g/mol. The lowest BCUT2D eigenvalue weighted by atomic mass is 10.3. The summed E-state index contributed by atoms with van der Waals surface area (Å²) in [5.74, 6) is 0.437. The average Bonchev–Trinajstić information content (AvgIpc) is 2.77. The van der Waals surface area contributed by atoms with E-state index >= 15 is 0 Å². The molecule has 0 aliphatic carbocycles. The second-order valence-electron chi connectivity index (χ2n) is 4.06. The molecule has 0 amide bonds. The minimum atomic E-state index is -0.149. The van der Waals surface area contributed by atoms with Gasteiger partial charge in [0, 0.05) is 6.20 Å². The second-order valence-corrected chi connectivity index (χ2v) is 4.06. The topological polar surface area (TPSA) is 51.7 Å². The van der Waals surface area contributed by atoms with Crippen LogP contribution in [0.25, 0.3) is 22.5 Å². The van der Waals surface area contributed by atoms with Gasteiger partial charge < -0.3 is 0 Å². The Hall–Kier alpha value is -2.69. The summed E-state index contributed by atoms with van der Waals surface area (Å²) in [5.41, 5.74) is 2.01. The largest absolute Gasteiger partial charge is 0.341 e. The van der Waals surface area contributed by atoms with Gasteiger partial charge in [-0.05, 0) is 24.3 Å². The maximum absolute atomic E-state index is 12.4. The lowest BCUT2D eigenvalue weighted by Crippen LogP contribution is -2.22. The Kier molecular flexibility index (Phi) is 1.64. The summed E-state index contributed by atoms with van der Waals surface area (Å²) in [6.07, 6.45) is 1.71. The van der Waals surface area contributed by atoms with Gasteiger partial charge in [0.05, 0.1) is 11.0 Å². The third-order valence-corrected chi connectivity index (χ3v) is 2.99. The summed E-state index contributed by atoms with van der Waals surface area (Å²) < 4.78 is 3.05. The number of para-hydroxylation sites is 2. The fraction of sp³-hybridized carbons (Fsp3) is 0. The van der Waals surface area contributed by atoms with Crippen LogP contribution in [0.5, 0.6) is 0 Å². The Labute approximate surface area is 101 Å². The summed E-state index contributed by atoms with van der Waals surface area (Å²) in [6.45, 7) is 0. The zero-order chi connectivity index (χ0) is 12.1. The zero-order valence-corrected chi connectivity index (χ0v) is 9.32. The summed E-state index contributed by atoms with van der Waals surface area (Å²) >= 11 is 0. The number of nitrogens with zero attached hydrogens (tertiary/aromatic N) is 4. The first-order valence-electron chi connectivity index (χ1n) is 5.59. The first-order chi connectivity index (χ1) is 8.84. The predicted molar refractivity (Wildman–Crippen MR) is 67.7 cm³/mol. The first kappa shape index (κ1) is 9.35. The van der Waals surface area contributed by atoms with Gasteiger partial charge in [0.15, 0.2) is 0 Å². The zero-order valence-electron chi connectivity index (χ0n) is 9.32. The van der Waals surface area contributed by atoms with Crippen molar-refractivity contribution >= 4 is 22.5 Å². The van der Waals surface area contributed by atoms with Gasteiger partial charge in [0.1, 0.15) is 5.65 Å². The Morgan fingerprint density at radius 2 is 1.78 bits per heavy atom. The highest BCUT2D eigenvalue weighted by Gasteiger charge is 2.09. The number of fused-ring (bicyclic) bond motifs is 4. The molecule has 0 bridgehead atoms. The van der Waals surface area contributed by atoms with Crippen molar-refractivity contribution in [2.45, 2.75) is 0 Å². The highest BCUT2D eigenvalue weighted by Crippen LogP contribution is 2.13. The molecule has 0 unspecified atom stereocenters. The molecule has 3 aromatic heterocycles. The molecule has 18 heavy (non-hydrogen) atoms. The van der Waals surface area contributed by atoms with Gasteiger partial charge in [-0.3, -0.25) is 4.40 Å². The Balaban J connectivity index is 2.39. The molecule has 1 aromatic carbocycles. The third-order valence-electron chi connectivity index (χ3n) is 2.99. The van der Waals surface area contributed by atoms with Crippen LogP contribution < -0.4 is 5.69 Å². The lowest BCUT2D eigenvalue weighted by Gasteiger charge is -2.00. The molecule has 0 aliphatic rings. The standard InChI is InChI=1S/C13H8N4O/c18-13-16-8-4-3-7-11(16)15-12-14-9-5-1-2-6-10(9)17(12)13/h1-8H. The van der Waals surface area contributed by atoms with Crippen molar-refractivity contribution < 1.29 is 0 Å². The minimum Gasteiger partial charge on any atom is -0.252 e. The Bertz CT molecular complexity index is 951. The van der Waals surface area contributed by atoms with Crippen molar-refractivity contribution in [1.29, 1.82) is 0 Å². The van der Waals surface area contributed by atoms with Crippen molar-refractivity contribution in [1.82, 2.24) is 18.8 Å². The average molecular weight is 236 g/mol. The van der Waals surface area contributed by atoms with Crippen LogP contribution in [0.2, 0.25) is 0 Å². The summed E-state index contributed by atoms with van der Waals surface area (Å²) in [4.78, 5) is 21.2. The SMILES string of the molecule is O=c1n2ccccc2nc2nc3ccccc3n12. The van der Waals surface area contributed by atoms with Gasteiger partial charge in [0.2, 0.25) is 5.78 Å². The number of hydrogen-bond donors (Lipinski definition) is 0. The number of imidazole rings is 1. The van der Waals surface area contributed by atoms with Crippen molar-refractivity contribution in [3.8, 4) is 0 Å². The van der Waals surface area contributed by atoms with Gasteiger partial charge >= 0.3 is 5.69 Å². The molecule has 0 atom stereocenters. The highest BCUT2D eigenvalue weighted by molar-refractivity contribution is 5.79. The van der Waals surface area contributed by atoms with Crippen molar-refractivity contribution in [3.05, 3.63) is 59.1 Å².